The van der Waals surface area contributed by atoms with E-state index in [4.69, 9.17) is 15.9 Å². The lowest BCUT2D eigenvalue weighted by molar-refractivity contribution is -0.145. The van der Waals surface area contributed by atoms with Crippen LogP contribution in [0.15, 0.2) is 0 Å². The molecule has 21 heavy (non-hydrogen) atoms. The fourth-order valence-electron chi connectivity index (χ4n) is 1.87. The molecule has 0 heterocycles. The van der Waals surface area contributed by atoms with E-state index in [2.05, 4.69) is 12.8 Å². The Labute approximate surface area is 128 Å². The summed E-state index contributed by atoms with van der Waals surface area (Å²) in [6.07, 6.45) is 14.0. The second-order valence-corrected chi connectivity index (χ2v) is 5.06. The van der Waals surface area contributed by atoms with Gasteiger partial charge in [0.2, 0.25) is 0 Å². The first kappa shape index (κ1) is 19.5. The molecule has 0 aromatic rings. The molecule has 0 saturated carbocycles. The molecule has 0 aliphatic carbocycles. The van der Waals surface area contributed by atoms with Gasteiger partial charge in [-0.05, 0) is 19.3 Å². The third kappa shape index (κ3) is 14.7. The Morgan fingerprint density at radius 1 is 0.857 bits per heavy atom. The Balaban J connectivity index is 3.31. The number of hydrogen-bond acceptors (Lipinski definition) is 4. The average molecular weight is 296 g/mol. The summed E-state index contributed by atoms with van der Waals surface area (Å²) < 4.78 is 9.87. The largest absolute Gasteiger partial charge is 0.466 e. The molecule has 0 aliphatic rings. The van der Waals surface area contributed by atoms with Gasteiger partial charge in [0.15, 0.2) is 6.61 Å². The van der Waals surface area contributed by atoms with Crippen molar-refractivity contribution in [3.63, 3.8) is 0 Å². The van der Waals surface area contributed by atoms with Crippen molar-refractivity contribution in [3.05, 3.63) is 0 Å². The van der Waals surface area contributed by atoms with Crippen LogP contribution in [0.25, 0.3) is 0 Å². The highest BCUT2D eigenvalue weighted by atomic mass is 16.5. The van der Waals surface area contributed by atoms with Crippen LogP contribution in [0.2, 0.25) is 0 Å². The van der Waals surface area contributed by atoms with Crippen LogP contribution in [-0.2, 0) is 19.1 Å². The van der Waals surface area contributed by atoms with Gasteiger partial charge in [-0.3, -0.25) is 9.59 Å². The fourth-order valence-corrected chi connectivity index (χ4v) is 1.87. The van der Waals surface area contributed by atoms with Crippen molar-refractivity contribution in [1.29, 1.82) is 0 Å². The number of hydrogen-bond donors (Lipinski definition) is 0. The number of terminal acetylenes is 1. The minimum Gasteiger partial charge on any atom is -0.466 e. The molecular weight excluding hydrogens is 268 g/mol. The van der Waals surface area contributed by atoms with E-state index in [1.54, 1.807) is 0 Å². The third-order valence-electron chi connectivity index (χ3n) is 3.09. The van der Waals surface area contributed by atoms with Gasteiger partial charge >= 0.3 is 11.9 Å². The fraction of sp³-hybridized carbons (Fsp3) is 0.765. The van der Waals surface area contributed by atoms with Crippen molar-refractivity contribution >= 4 is 11.9 Å². The topological polar surface area (TPSA) is 52.6 Å². The highest BCUT2D eigenvalue weighted by molar-refractivity contribution is 5.70. The Bertz CT molecular complexity index is 317. The lowest BCUT2D eigenvalue weighted by atomic mass is 10.1. The molecule has 0 amide bonds. The Hall–Kier alpha value is -1.50. The Morgan fingerprint density at radius 2 is 1.43 bits per heavy atom. The summed E-state index contributed by atoms with van der Waals surface area (Å²) in [4.78, 5) is 22.6. The predicted octanol–water partition coefficient (Wildman–Crippen LogP) is 3.63. The maximum absolute atomic E-state index is 11.4. The second-order valence-electron chi connectivity index (χ2n) is 5.06. The van der Waals surface area contributed by atoms with Gasteiger partial charge in [-0.2, -0.15) is 0 Å². The van der Waals surface area contributed by atoms with E-state index in [1.807, 2.05) is 0 Å². The predicted molar refractivity (Wildman–Crippen MR) is 82.6 cm³/mol. The Morgan fingerprint density at radius 3 is 2.05 bits per heavy atom. The van der Waals surface area contributed by atoms with Crippen molar-refractivity contribution in [1.82, 2.24) is 0 Å². The average Bonchev–Trinajstić information content (AvgIpc) is 2.48. The summed E-state index contributed by atoms with van der Waals surface area (Å²) in [5.74, 6) is 1.74. The normalized spacial score (nSPS) is 9.90. The van der Waals surface area contributed by atoms with Crippen LogP contribution in [0.1, 0.15) is 71.1 Å². The van der Waals surface area contributed by atoms with E-state index in [0.717, 1.165) is 12.8 Å². The van der Waals surface area contributed by atoms with Crippen LogP contribution in [0.4, 0.5) is 0 Å². The minimum absolute atomic E-state index is 0.0130. The van der Waals surface area contributed by atoms with E-state index in [-0.39, 0.29) is 18.5 Å². The van der Waals surface area contributed by atoms with Gasteiger partial charge in [-0.25, -0.2) is 0 Å². The second kappa shape index (κ2) is 14.9. The molecule has 0 fully saturated rings. The van der Waals surface area contributed by atoms with Crippen molar-refractivity contribution in [2.75, 3.05) is 13.2 Å². The van der Waals surface area contributed by atoms with E-state index < -0.39 is 0 Å². The number of esters is 2. The molecule has 0 atom stereocenters. The molecular formula is C17H28O4. The van der Waals surface area contributed by atoms with Gasteiger partial charge in [0.05, 0.1) is 6.61 Å². The molecule has 0 bridgehead atoms. The quantitative estimate of drug-likeness (QED) is 0.296. The molecule has 0 aromatic carbocycles. The van der Waals surface area contributed by atoms with Crippen molar-refractivity contribution < 1.29 is 19.1 Å². The summed E-state index contributed by atoms with van der Waals surface area (Å²) >= 11 is 0. The van der Waals surface area contributed by atoms with Crippen molar-refractivity contribution in [2.45, 2.75) is 71.1 Å². The van der Waals surface area contributed by atoms with Gasteiger partial charge < -0.3 is 9.47 Å². The van der Waals surface area contributed by atoms with Gasteiger partial charge in [-0.1, -0.05) is 44.9 Å². The molecule has 120 valence electrons. The van der Waals surface area contributed by atoms with Crippen LogP contribution in [-0.4, -0.2) is 25.2 Å². The molecule has 0 aliphatic heterocycles. The van der Waals surface area contributed by atoms with Gasteiger partial charge in [-0.15, -0.1) is 6.42 Å². The summed E-state index contributed by atoms with van der Waals surface area (Å²) in [6.45, 7) is 2.71. The molecule has 0 saturated heterocycles. The first-order valence-electron chi connectivity index (χ1n) is 7.95. The third-order valence-corrected chi connectivity index (χ3v) is 3.09. The molecule has 0 spiro atoms. The van der Waals surface area contributed by atoms with Crippen molar-refractivity contribution in [3.8, 4) is 12.3 Å². The molecule has 4 heteroatoms. The van der Waals surface area contributed by atoms with Gasteiger partial charge in [0, 0.05) is 12.8 Å². The smallest absolute Gasteiger partial charge is 0.306 e. The number of rotatable bonds is 13. The molecule has 0 rings (SSSR count). The highest BCUT2D eigenvalue weighted by Gasteiger charge is 2.05. The van der Waals surface area contributed by atoms with Crippen LogP contribution in [0.5, 0.6) is 0 Å². The number of carbonyl (C=O) groups is 2. The van der Waals surface area contributed by atoms with Gasteiger partial charge in [0.25, 0.3) is 0 Å². The van der Waals surface area contributed by atoms with Crippen LogP contribution < -0.4 is 0 Å². The zero-order valence-corrected chi connectivity index (χ0v) is 13.2. The minimum atomic E-state index is -0.312. The number of ether oxygens (including phenoxy) is 2. The first-order valence-corrected chi connectivity index (χ1v) is 7.95. The lowest BCUT2D eigenvalue weighted by Gasteiger charge is -2.05. The van der Waals surface area contributed by atoms with E-state index in [0.29, 0.717) is 32.3 Å². The summed E-state index contributed by atoms with van der Waals surface area (Å²) in [5, 5.41) is 0. The van der Waals surface area contributed by atoms with E-state index >= 15 is 0 Å². The Kier molecular flexibility index (Phi) is 13.8. The summed E-state index contributed by atoms with van der Waals surface area (Å²) in [5.41, 5.74) is 0. The van der Waals surface area contributed by atoms with Crippen LogP contribution >= 0.6 is 0 Å². The first-order chi connectivity index (χ1) is 10.2. The standard InChI is InChI=1S/C17H28O4/c1-3-5-6-7-8-11-15-21-17(19)13-10-9-12-16(18)20-14-4-2/h2H,3,5-15H2,1H3. The van der Waals surface area contributed by atoms with Crippen molar-refractivity contribution in [2.24, 2.45) is 0 Å². The van der Waals surface area contributed by atoms with Crippen LogP contribution in [0, 0.1) is 12.3 Å². The van der Waals surface area contributed by atoms with Gasteiger partial charge in [0.1, 0.15) is 0 Å². The van der Waals surface area contributed by atoms with E-state index in [1.165, 1.54) is 25.7 Å². The monoisotopic (exact) mass is 296 g/mol. The zero-order chi connectivity index (χ0) is 15.8. The molecule has 4 nitrogen and oxygen atoms in total. The van der Waals surface area contributed by atoms with E-state index in [9.17, 15) is 9.59 Å². The molecule has 0 N–H and O–H groups in total. The molecule has 0 unspecified atom stereocenters. The number of carbonyl (C=O) groups excluding carboxylic acids is 2. The molecule has 0 radical (unpaired) electrons. The molecule has 0 aromatic heterocycles. The maximum Gasteiger partial charge on any atom is 0.306 e. The summed E-state index contributed by atoms with van der Waals surface area (Å²) in [7, 11) is 0. The van der Waals surface area contributed by atoms with Crippen LogP contribution in [0.3, 0.4) is 0 Å². The maximum atomic E-state index is 11.4. The SMILES string of the molecule is C#CCOC(=O)CCCCC(=O)OCCCCCCCC. The zero-order valence-electron chi connectivity index (χ0n) is 13.2. The number of unbranched alkanes of at least 4 members (excludes halogenated alkanes) is 6. The summed E-state index contributed by atoms with van der Waals surface area (Å²) in [6, 6.07) is 0. The highest BCUT2D eigenvalue weighted by Crippen LogP contribution is 2.06. The lowest BCUT2D eigenvalue weighted by Crippen LogP contribution is -2.07.